The van der Waals surface area contributed by atoms with Crippen molar-refractivity contribution in [3.8, 4) is 0 Å². The first-order valence-corrected chi connectivity index (χ1v) is 7.46. The van der Waals surface area contributed by atoms with E-state index in [1.54, 1.807) is 6.20 Å². The van der Waals surface area contributed by atoms with Crippen LogP contribution in [0.3, 0.4) is 0 Å². The van der Waals surface area contributed by atoms with E-state index in [2.05, 4.69) is 4.98 Å². The maximum absolute atomic E-state index is 10.9. The van der Waals surface area contributed by atoms with Crippen molar-refractivity contribution >= 4 is 27.3 Å². The zero-order chi connectivity index (χ0) is 11.5. The van der Waals surface area contributed by atoms with Crippen LogP contribution < -0.4 is 5.73 Å². The monoisotopic (exact) mass is 246 g/mol. The zero-order valence-electron chi connectivity index (χ0n) is 8.73. The van der Waals surface area contributed by atoms with E-state index in [1.165, 1.54) is 18.0 Å². The average molecular weight is 246 g/mol. The molecule has 1 aromatic heterocycles. The minimum Gasteiger partial charge on any atom is -0.397 e. The van der Waals surface area contributed by atoms with Crippen molar-refractivity contribution < 1.29 is 8.42 Å². The van der Waals surface area contributed by atoms with Gasteiger partial charge in [0, 0.05) is 12.0 Å². The first kappa shape index (κ1) is 12.3. The first-order chi connectivity index (χ1) is 6.88. The van der Waals surface area contributed by atoms with Crippen LogP contribution in [0.4, 0.5) is 5.69 Å². The molecule has 2 N–H and O–H groups in total. The van der Waals surface area contributed by atoms with E-state index in [0.717, 1.165) is 10.6 Å². The van der Waals surface area contributed by atoms with E-state index in [1.807, 2.05) is 13.0 Å². The highest BCUT2D eigenvalue weighted by atomic mass is 32.2. The van der Waals surface area contributed by atoms with Gasteiger partial charge in [-0.1, -0.05) is 0 Å². The van der Waals surface area contributed by atoms with Crippen LogP contribution >= 0.6 is 11.8 Å². The number of hydrogen-bond donors (Lipinski definition) is 1. The van der Waals surface area contributed by atoms with Crippen LogP contribution in [-0.4, -0.2) is 31.2 Å². The van der Waals surface area contributed by atoms with Gasteiger partial charge in [0.2, 0.25) is 0 Å². The third kappa shape index (κ3) is 4.53. The molecule has 0 aliphatic carbocycles. The molecule has 0 radical (unpaired) electrons. The molecule has 6 heteroatoms. The van der Waals surface area contributed by atoms with Gasteiger partial charge in [-0.3, -0.25) is 0 Å². The minimum atomic E-state index is -2.89. The summed E-state index contributed by atoms with van der Waals surface area (Å²) in [6, 6.07) is 1.83. The predicted octanol–water partition coefficient (Wildman–Crippen LogP) is 1.11. The van der Waals surface area contributed by atoms with E-state index in [4.69, 9.17) is 5.73 Å². The molecule has 0 fully saturated rings. The van der Waals surface area contributed by atoms with E-state index in [-0.39, 0.29) is 5.75 Å². The van der Waals surface area contributed by atoms with Gasteiger partial charge in [0.25, 0.3) is 0 Å². The second kappa shape index (κ2) is 4.85. The van der Waals surface area contributed by atoms with Crippen molar-refractivity contribution in [1.29, 1.82) is 0 Å². The van der Waals surface area contributed by atoms with Crippen LogP contribution in [0.5, 0.6) is 0 Å². The Hall–Kier alpha value is -0.750. The minimum absolute atomic E-state index is 0.170. The Morgan fingerprint density at radius 2 is 2.20 bits per heavy atom. The van der Waals surface area contributed by atoms with Crippen LogP contribution in [0.2, 0.25) is 0 Å². The van der Waals surface area contributed by atoms with Crippen molar-refractivity contribution in [3.63, 3.8) is 0 Å². The Morgan fingerprint density at radius 1 is 1.53 bits per heavy atom. The SMILES string of the molecule is Cc1cc(N)cnc1SCCS(C)(=O)=O. The maximum Gasteiger partial charge on any atom is 0.148 e. The zero-order valence-corrected chi connectivity index (χ0v) is 10.4. The molecule has 0 aliphatic rings. The van der Waals surface area contributed by atoms with E-state index < -0.39 is 9.84 Å². The van der Waals surface area contributed by atoms with Gasteiger partial charge in [-0.05, 0) is 18.6 Å². The summed E-state index contributed by atoms with van der Waals surface area (Å²) in [4.78, 5) is 4.14. The molecule has 84 valence electrons. The Kier molecular flexibility index (Phi) is 3.98. The summed E-state index contributed by atoms with van der Waals surface area (Å²) in [5.74, 6) is 0.694. The Labute approximate surface area is 94.2 Å². The summed E-state index contributed by atoms with van der Waals surface area (Å²) >= 11 is 1.44. The van der Waals surface area contributed by atoms with Crippen LogP contribution in [0.15, 0.2) is 17.3 Å². The molecule has 1 heterocycles. The molecule has 0 saturated carbocycles. The Morgan fingerprint density at radius 3 is 2.73 bits per heavy atom. The van der Waals surface area contributed by atoms with Crippen LogP contribution in [-0.2, 0) is 9.84 Å². The molecule has 0 bridgehead atoms. The van der Waals surface area contributed by atoms with Gasteiger partial charge in [-0.15, -0.1) is 11.8 Å². The molecule has 15 heavy (non-hydrogen) atoms. The quantitative estimate of drug-likeness (QED) is 0.806. The summed E-state index contributed by atoms with van der Waals surface area (Å²) in [6.45, 7) is 1.91. The lowest BCUT2D eigenvalue weighted by Gasteiger charge is -2.04. The highest BCUT2D eigenvalue weighted by Crippen LogP contribution is 2.21. The molecule has 0 spiro atoms. The van der Waals surface area contributed by atoms with Crippen molar-refractivity contribution in [2.24, 2.45) is 0 Å². The predicted molar refractivity (Wildman–Crippen MR) is 63.8 cm³/mol. The summed E-state index contributed by atoms with van der Waals surface area (Å²) in [5.41, 5.74) is 7.16. The summed E-state index contributed by atoms with van der Waals surface area (Å²) in [5, 5.41) is 0.841. The van der Waals surface area contributed by atoms with Gasteiger partial charge in [0.1, 0.15) is 9.84 Å². The molecular formula is C9H14N2O2S2. The van der Waals surface area contributed by atoms with E-state index in [9.17, 15) is 8.42 Å². The summed E-state index contributed by atoms with van der Waals surface area (Å²) < 4.78 is 21.8. The lowest BCUT2D eigenvalue weighted by Crippen LogP contribution is -2.05. The fraction of sp³-hybridized carbons (Fsp3) is 0.444. The van der Waals surface area contributed by atoms with Crippen LogP contribution in [0.25, 0.3) is 0 Å². The van der Waals surface area contributed by atoms with E-state index in [0.29, 0.717) is 11.4 Å². The van der Waals surface area contributed by atoms with Crippen molar-refractivity contribution in [1.82, 2.24) is 4.98 Å². The molecule has 0 unspecified atom stereocenters. The number of nitrogen functional groups attached to an aromatic ring is 1. The molecule has 0 saturated heterocycles. The highest BCUT2D eigenvalue weighted by Gasteiger charge is 2.05. The summed E-state index contributed by atoms with van der Waals surface area (Å²) in [6.07, 6.45) is 2.81. The second-order valence-electron chi connectivity index (χ2n) is 3.37. The molecule has 0 aliphatic heterocycles. The Bertz CT molecular complexity index is 443. The van der Waals surface area contributed by atoms with Gasteiger partial charge < -0.3 is 5.73 Å². The van der Waals surface area contributed by atoms with Gasteiger partial charge in [-0.25, -0.2) is 13.4 Å². The molecule has 0 amide bonds. The number of anilines is 1. The molecule has 0 aromatic carbocycles. The first-order valence-electron chi connectivity index (χ1n) is 4.41. The fourth-order valence-electron chi connectivity index (χ4n) is 1.02. The Balaban J connectivity index is 2.59. The van der Waals surface area contributed by atoms with E-state index >= 15 is 0 Å². The van der Waals surface area contributed by atoms with Gasteiger partial charge in [0.05, 0.1) is 22.7 Å². The topological polar surface area (TPSA) is 73.0 Å². The number of hydrogen-bond acceptors (Lipinski definition) is 5. The molecule has 4 nitrogen and oxygen atoms in total. The number of pyridine rings is 1. The molecule has 1 aromatic rings. The van der Waals surface area contributed by atoms with Crippen LogP contribution in [0.1, 0.15) is 5.56 Å². The van der Waals surface area contributed by atoms with Gasteiger partial charge in [-0.2, -0.15) is 0 Å². The second-order valence-corrected chi connectivity index (χ2v) is 6.71. The smallest absolute Gasteiger partial charge is 0.148 e. The third-order valence-electron chi connectivity index (χ3n) is 1.74. The lowest BCUT2D eigenvalue weighted by molar-refractivity contribution is 0.603. The molecule has 0 atom stereocenters. The number of thioether (sulfide) groups is 1. The number of nitrogens with two attached hydrogens (primary N) is 1. The third-order valence-corrected chi connectivity index (χ3v) is 4.06. The number of aryl methyl sites for hydroxylation is 1. The van der Waals surface area contributed by atoms with Gasteiger partial charge in [0.15, 0.2) is 0 Å². The number of sulfone groups is 1. The molecule has 1 rings (SSSR count). The number of nitrogens with zero attached hydrogens (tertiary/aromatic N) is 1. The summed E-state index contributed by atoms with van der Waals surface area (Å²) in [7, 11) is -2.89. The fourth-order valence-corrected chi connectivity index (χ4v) is 3.18. The van der Waals surface area contributed by atoms with Gasteiger partial charge >= 0.3 is 0 Å². The highest BCUT2D eigenvalue weighted by molar-refractivity contribution is 8.00. The normalized spacial score (nSPS) is 11.6. The largest absolute Gasteiger partial charge is 0.397 e. The number of aromatic nitrogens is 1. The van der Waals surface area contributed by atoms with Crippen molar-refractivity contribution in [2.45, 2.75) is 11.9 Å². The molecular weight excluding hydrogens is 232 g/mol. The lowest BCUT2D eigenvalue weighted by atomic mass is 10.3. The average Bonchev–Trinajstić information content (AvgIpc) is 2.07. The van der Waals surface area contributed by atoms with Crippen LogP contribution in [0, 0.1) is 6.92 Å². The maximum atomic E-state index is 10.9. The van der Waals surface area contributed by atoms with Crippen molar-refractivity contribution in [3.05, 3.63) is 17.8 Å². The standard InChI is InChI=1S/C9H14N2O2S2/c1-7-5-8(10)6-11-9(7)14-3-4-15(2,12)13/h5-6H,3-4,10H2,1-2H3. The number of rotatable bonds is 4. The van der Waals surface area contributed by atoms with Crippen molar-refractivity contribution in [2.75, 3.05) is 23.5 Å².